The van der Waals surface area contributed by atoms with Crippen LogP contribution in [-0.4, -0.2) is 5.75 Å². The highest BCUT2D eigenvalue weighted by molar-refractivity contribution is 7.99. The molecule has 0 aromatic heterocycles. The molecule has 0 heterocycles. The first-order chi connectivity index (χ1) is 13.0. The number of thioether (sulfide) groups is 1. The van der Waals surface area contributed by atoms with Crippen molar-refractivity contribution < 1.29 is 0 Å². The smallest absolute Gasteiger partial charge is 0.0187 e. The van der Waals surface area contributed by atoms with Crippen molar-refractivity contribution in [3.05, 3.63) is 76.9 Å². The standard InChI is InChI=1S/C26H38S/c1-22(2)13-11-16-24(4)18-12-17-23(3)14-9-10-15-25(5)21-27-26-19-7-6-8-20-26/h6-8,13-15,18-20H,9-12,16-17,21H2,1-5H3/b23-14+,24-18+,25-15+. The molecule has 1 aromatic rings. The van der Waals surface area contributed by atoms with Crippen LogP contribution in [0.1, 0.15) is 73.1 Å². The number of unbranched alkanes of at least 4 members (excludes halogenated alkanes) is 1. The lowest BCUT2D eigenvalue weighted by Gasteiger charge is -2.03. The predicted octanol–water partition coefficient (Wildman–Crippen LogP) is 8.92. The molecule has 0 nitrogen and oxygen atoms in total. The maximum atomic E-state index is 2.42. The van der Waals surface area contributed by atoms with Gasteiger partial charge in [0, 0.05) is 10.6 Å². The van der Waals surface area contributed by atoms with Crippen LogP contribution >= 0.6 is 11.8 Å². The molecule has 0 atom stereocenters. The van der Waals surface area contributed by atoms with Crippen molar-refractivity contribution in [2.24, 2.45) is 0 Å². The number of benzene rings is 1. The van der Waals surface area contributed by atoms with E-state index in [-0.39, 0.29) is 0 Å². The average molecular weight is 383 g/mol. The van der Waals surface area contributed by atoms with Crippen molar-refractivity contribution >= 4 is 11.8 Å². The van der Waals surface area contributed by atoms with E-state index in [1.807, 2.05) is 11.8 Å². The molecular formula is C26H38S. The Morgan fingerprint density at radius 1 is 0.667 bits per heavy atom. The van der Waals surface area contributed by atoms with E-state index >= 15 is 0 Å². The van der Waals surface area contributed by atoms with Crippen molar-refractivity contribution in [1.29, 1.82) is 0 Å². The number of allylic oxidation sites excluding steroid dienone is 7. The van der Waals surface area contributed by atoms with Crippen LogP contribution in [-0.2, 0) is 0 Å². The Bertz CT molecular complexity index is 640. The lowest BCUT2D eigenvalue weighted by atomic mass is 10.1. The van der Waals surface area contributed by atoms with Crippen molar-refractivity contribution in [2.75, 3.05) is 5.75 Å². The zero-order valence-corrected chi connectivity index (χ0v) is 18.9. The molecule has 0 N–H and O–H groups in total. The molecule has 1 heteroatoms. The van der Waals surface area contributed by atoms with Gasteiger partial charge in [-0.3, -0.25) is 0 Å². The number of hydrogen-bond acceptors (Lipinski definition) is 1. The molecule has 0 saturated heterocycles. The van der Waals surface area contributed by atoms with Crippen LogP contribution in [0.15, 0.2) is 81.8 Å². The minimum Gasteiger partial charge on any atom is -0.122 e. The molecule has 0 unspecified atom stereocenters. The van der Waals surface area contributed by atoms with E-state index < -0.39 is 0 Å². The van der Waals surface area contributed by atoms with Gasteiger partial charge in [-0.05, 0) is 85.3 Å². The molecule has 27 heavy (non-hydrogen) atoms. The summed E-state index contributed by atoms with van der Waals surface area (Å²) in [5, 5.41) is 0. The lowest BCUT2D eigenvalue weighted by molar-refractivity contribution is 0.906. The summed E-state index contributed by atoms with van der Waals surface area (Å²) < 4.78 is 0. The largest absolute Gasteiger partial charge is 0.122 e. The summed E-state index contributed by atoms with van der Waals surface area (Å²) in [6.07, 6.45) is 16.6. The Hall–Kier alpha value is -1.47. The summed E-state index contributed by atoms with van der Waals surface area (Å²) in [4.78, 5) is 1.35. The first-order valence-corrected chi connectivity index (χ1v) is 11.2. The lowest BCUT2D eigenvalue weighted by Crippen LogP contribution is -1.83. The third-order valence-corrected chi connectivity index (χ3v) is 5.69. The predicted molar refractivity (Wildman–Crippen MR) is 126 cm³/mol. The van der Waals surface area contributed by atoms with Crippen LogP contribution in [0, 0.1) is 0 Å². The maximum absolute atomic E-state index is 2.42. The molecule has 0 radical (unpaired) electrons. The molecule has 148 valence electrons. The Balaban J connectivity index is 2.20. The van der Waals surface area contributed by atoms with Crippen LogP contribution in [0.3, 0.4) is 0 Å². The molecule has 0 amide bonds. The minimum absolute atomic E-state index is 1.09. The SMILES string of the molecule is CC(C)=CCC/C(C)=C/CC/C(C)=C/CC/C=C(\C)CSc1ccccc1. The fourth-order valence-corrected chi connectivity index (χ4v) is 3.63. The maximum Gasteiger partial charge on any atom is 0.0187 e. The molecule has 0 fully saturated rings. The summed E-state index contributed by atoms with van der Waals surface area (Å²) in [6.45, 7) is 11.1. The van der Waals surface area contributed by atoms with Crippen LogP contribution < -0.4 is 0 Å². The van der Waals surface area contributed by atoms with Gasteiger partial charge in [0.05, 0.1) is 0 Å². The zero-order chi connectivity index (χ0) is 19.9. The van der Waals surface area contributed by atoms with Gasteiger partial charge in [-0.2, -0.15) is 0 Å². The molecule has 0 spiro atoms. The van der Waals surface area contributed by atoms with Crippen molar-refractivity contribution in [3.63, 3.8) is 0 Å². The van der Waals surface area contributed by atoms with Crippen LogP contribution in [0.5, 0.6) is 0 Å². The second kappa shape index (κ2) is 14.6. The van der Waals surface area contributed by atoms with Gasteiger partial charge in [0.25, 0.3) is 0 Å². The van der Waals surface area contributed by atoms with Gasteiger partial charge in [-0.1, -0.05) is 64.8 Å². The second-order valence-corrected chi connectivity index (χ2v) is 8.74. The number of rotatable bonds is 12. The summed E-state index contributed by atoms with van der Waals surface area (Å²) in [5.41, 5.74) is 5.94. The van der Waals surface area contributed by atoms with E-state index in [4.69, 9.17) is 0 Å². The summed E-state index contributed by atoms with van der Waals surface area (Å²) in [5.74, 6) is 1.09. The van der Waals surface area contributed by atoms with Crippen LogP contribution in [0.25, 0.3) is 0 Å². The fourth-order valence-electron chi connectivity index (χ4n) is 2.77. The van der Waals surface area contributed by atoms with E-state index in [1.54, 1.807) is 0 Å². The van der Waals surface area contributed by atoms with Gasteiger partial charge >= 0.3 is 0 Å². The Kier molecular flexibility index (Phi) is 12.7. The summed E-state index contributed by atoms with van der Waals surface area (Å²) in [7, 11) is 0. The highest BCUT2D eigenvalue weighted by Gasteiger charge is 1.95. The first-order valence-electron chi connectivity index (χ1n) is 10.3. The fraction of sp³-hybridized carbons (Fsp3) is 0.462. The topological polar surface area (TPSA) is 0 Å². The van der Waals surface area contributed by atoms with E-state index in [0.29, 0.717) is 0 Å². The zero-order valence-electron chi connectivity index (χ0n) is 18.1. The third kappa shape index (κ3) is 13.4. The second-order valence-electron chi connectivity index (χ2n) is 7.69. The summed E-state index contributed by atoms with van der Waals surface area (Å²) >= 11 is 1.92. The normalized spacial score (nSPS) is 13.0. The third-order valence-electron chi connectivity index (χ3n) is 4.48. The van der Waals surface area contributed by atoms with Gasteiger partial charge in [-0.15, -0.1) is 11.8 Å². The van der Waals surface area contributed by atoms with E-state index in [1.165, 1.54) is 52.9 Å². The van der Waals surface area contributed by atoms with E-state index in [9.17, 15) is 0 Å². The van der Waals surface area contributed by atoms with Gasteiger partial charge in [0.15, 0.2) is 0 Å². The quantitative estimate of drug-likeness (QED) is 0.197. The summed E-state index contributed by atoms with van der Waals surface area (Å²) in [6, 6.07) is 10.6. The monoisotopic (exact) mass is 382 g/mol. The number of hydrogen-bond donors (Lipinski definition) is 0. The molecular weight excluding hydrogens is 344 g/mol. The highest BCUT2D eigenvalue weighted by Crippen LogP contribution is 2.20. The van der Waals surface area contributed by atoms with Crippen molar-refractivity contribution in [1.82, 2.24) is 0 Å². The average Bonchev–Trinajstić information content (AvgIpc) is 2.64. The molecule has 0 aliphatic carbocycles. The van der Waals surface area contributed by atoms with Crippen LogP contribution in [0.4, 0.5) is 0 Å². The van der Waals surface area contributed by atoms with E-state index in [0.717, 1.165) is 18.6 Å². The Labute approximate surface area is 172 Å². The Morgan fingerprint density at radius 2 is 1.19 bits per heavy atom. The van der Waals surface area contributed by atoms with Gasteiger partial charge < -0.3 is 0 Å². The Morgan fingerprint density at radius 3 is 1.78 bits per heavy atom. The van der Waals surface area contributed by atoms with E-state index in [2.05, 4.69) is 89.3 Å². The van der Waals surface area contributed by atoms with Gasteiger partial charge in [0.2, 0.25) is 0 Å². The highest BCUT2D eigenvalue weighted by atomic mass is 32.2. The molecule has 1 aromatic carbocycles. The minimum atomic E-state index is 1.09. The van der Waals surface area contributed by atoms with Crippen LogP contribution in [0.2, 0.25) is 0 Å². The first kappa shape index (κ1) is 23.6. The molecule has 0 bridgehead atoms. The molecule has 0 aliphatic heterocycles. The van der Waals surface area contributed by atoms with Gasteiger partial charge in [0.1, 0.15) is 0 Å². The van der Waals surface area contributed by atoms with Gasteiger partial charge in [-0.25, -0.2) is 0 Å². The van der Waals surface area contributed by atoms with Crippen molar-refractivity contribution in [2.45, 2.75) is 78.0 Å². The molecule has 0 saturated carbocycles. The molecule has 1 rings (SSSR count). The van der Waals surface area contributed by atoms with Crippen molar-refractivity contribution in [3.8, 4) is 0 Å². The molecule has 0 aliphatic rings.